The molecule has 18 heavy (non-hydrogen) atoms. The number of carbonyl (C=O) groups is 1. The number of rotatable bonds is 3. The zero-order chi connectivity index (χ0) is 13.1. The minimum Gasteiger partial charge on any atom is -0.477 e. The Balaban J connectivity index is 2.39. The quantitative estimate of drug-likeness (QED) is 0.943. The van der Waals surface area contributed by atoms with Gasteiger partial charge in [-0.2, -0.15) is 0 Å². The lowest BCUT2D eigenvalue weighted by atomic mass is 10.2. The van der Waals surface area contributed by atoms with Crippen molar-refractivity contribution in [3.63, 3.8) is 0 Å². The molecular weight excluding hydrogens is 300 g/mol. The molecule has 0 unspecified atom stereocenters. The van der Waals surface area contributed by atoms with Crippen molar-refractivity contribution in [3.05, 3.63) is 46.3 Å². The zero-order valence-electron chi connectivity index (χ0n) is 9.42. The average Bonchev–Trinajstić information content (AvgIpc) is 2.28. The number of aromatic nitrogens is 2. The topological polar surface area (TPSA) is 72.3 Å². The fourth-order valence-electron chi connectivity index (χ4n) is 1.33. The molecule has 0 bridgehead atoms. The molecule has 0 saturated heterocycles. The maximum atomic E-state index is 11.0. The number of carboxylic acids is 1. The predicted molar refractivity (Wildman–Crippen MR) is 67.9 cm³/mol. The third-order valence-electron chi connectivity index (χ3n) is 2.12. The zero-order valence-corrected chi connectivity index (χ0v) is 11.0. The first kappa shape index (κ1) is 12.5. The number of aromatic carboxylic acids is 1. The van der Waals surface area contributed by atoms with Crippen molar-refractivity contribution < 1.29 is 14.6 Å². The van der Waals surface area contributed by atoms with Crippen LogP contribution >= 0.6 is 15.9 Å². The number of hydrogen-bond acceptors (Lipinski definition) is 4. The molecule has 0 aliphatic rings. The van der Waals surface area contributed by atoms with Crippen molar-refractivity contribution in [2.75, 3.05) is 0 Å². The van der Waals surface area contributed by atoms with Gasteiger partial charge in [0.25, 0.3) is 0 Å². The smallest absolute Gasteiger partial charge is 0.341 e. The molecule has 1 N–H and O–H groups in total. The van der Waals surface area contributed by atoms with Crippen LogP contribution in [-0.4, -0.2) is 21.0 Å². The molecule has 0 atom stereocenters. The number of ether oxygens (including phenoxy) is 1. The summed E-state index contributed by atoms with van der Waals surface area (Å²) in [6.07, 6.45) is 3.09. The Morgan fingerprint density at radius 3 is 2.83 bits per heavy atom. The molecule has 0 aliphatic carbocycles. The molecule has 2 aromatic heterocycles. The Bertz CT molecular complexity index is 602. The monoisotopic (exact) mass is 308 g/mol. The van der Waals surface area contributed by atoms with Gasteiger partial charge in [-0.3, -0.25) is 4.98 Å². The first-order valence-electron chi connectivity index (χ1n) is 5.05. The summed E-state index contributed by atoms with van der Waals surface area (Å²) in [5.41, 5.74) is 0.693. The van der Waals surface area contributed by atoms with Gasteiger partial charge < -0.3 is 9.84 Å². The Kier molecular flexibility index (Phi) is 3.57. The molecule has 0 saturated carbocycles. The second kappa shape index (κ2) is 5.14. The van der Waals surface area contributed by atoms with E-state index in [4.69, 9.17) is 9.84 Å². The third-order valence-corrected chi connectivity index (χ3v) is 2.56. The lowest BCUT2D eigenvalue weighted by Gasteiger charge is -2.08. The van der Waals surface area contributed by atoms with Crippen molar-refractivity contribution >= 4 is 21.9 Å². The highest BCUT2D eigenvalue weighted by molar-refractivity contribution is 9.10. The van der Waals surface area contributed by atoms with Crippen molar-refractivity contribution in [3.8, 4) is 11.6 Å². The van der Waals surface area contributed by atoms with Crippen LogP contribution < -0.4 is 4.74 Å². The van der Waals surface area contributed by atoms with Gasteiger partial charge in [0.1, 0.15) is 11.3 Å². The third kappa shape index (κ3) is 2.84. The summed E-state index contributed by atoms with van der Waals surface area (Å²) in [5, 5.41) is 9.04. The van der Waals surface area contributed by atoms with E-state index in [0.717, 1.165) is 4.47 Å². The molecule has 0 spiro atoms. The second-order valence-electron chi connectivity index (χ2n) is 3.55. The maximum absolute atomic E-state index is 11.0. The number of carboxylic acid groups (broad SMARTS) is 1. The summed E-state index contributed by atoms with van der Waals surface area (Å²) < 4.78 is 6.19. The summed E-state index contributed by atoms with van der Waals surface area (Å²) in [6, 6.07) is 4.77. The summed E-state index contributed by atoms with van der Waals surface area (Å²) in [7, 11) is 0. The van der Waals surface area contributed by atoms with Gasteiger partial charge in [0.05, 0.1) is 6.20 Å². The van der Waals surface area contributed by atoms with Crippen LogP contribution in [0.2, 0.25) is 0 Å². The molecular formula is C12H9BrN2O3. The molecule has 2 rings (SSSR count). The largest absolute Gasteiger partial charge is 0.477 e. The lowest BCUT2D eigenvalue weighted by molar-refractivity contribution is 0.0693. The van der Waals surface area contributed by atoms with Crippen LogP contribution in [0.5, 0.6) is 11.6 Å². The van der Waals surface area contributed by atoms with Crippen molar-refractivity contribution in [1.82, 2.24) is 9.97 Å². The standard InChI is InChI=1S/C12H9BrN2O3/c1-7-2-3-10(12(16)17)11(15-7)18-9-4-8(13)5-14-6-9/h2-6H,1H3,(H,16,17). The molecule has 5 nitrogen and oxygen atoms in total. The summed E-state index contributed by atoms with van der Waals surface area (Å²) in [4.78, 5) is 19.0. The van der Waals surface area contributed by atoms with Gasteiger partial charge in [-0.15, -0.1) is 0 Å². The fourth-order valence-corrected chi connectivity index (χ4v) is 1.68. The second-order valence-corrected chi connectivity index (χ2v) is 4.47. The van der Waals surface area contributed by atoms with Gasteiger partial charge in [0.2, 0.25) is 5.88 Å². The molecule has 2 aromatic rings. The highest BCUT2D eigenvalue weighted by atomic mass is 79.9. The molecule has 0 aliphatic heterocycles. The SMILES string of the molecule is Cc1ccc(C(=O)O)c(Oc2cncc(Br)c2)n1. The van der Waals surface area contributed by atoms with Crippen LogP contribution in [0.1, 0.15) is 16.1 Å². The van der Waals surface area contributed by atoms with Crippen LogP contribution in [-0.2, 0) is 0 Å². The van der Waals surface area contributed by atoms with Gasteiger partial charge >= 0.3 is 5.97 Å². The number of pyridine rings is 2. The molecule has 0 fully saturated rings. The summed E-state index contributed by atoms with van der Waals surface area (Å²) in [5.74, 6) is -0.604. The van der Waals surface area contributed by atoms with E-state index in [9.17, 15) is 4.79 Å². The molecule has 0 radical (unpaired) electrons. The van der Waals surface area contributed by atoms with E-state index >= 15 is 0 Å². The first-order chi connectivity index (χ1) is 8.56. The van der Waals surface area contributed by atoms with E-state index in [-0.39, 0.29) is 11.4 Å². The van der Waals surface area contributed by atoms with E-state index in [1.165, 1.54) is 12.3 Å². The summed E-state index contributed by atoms with van der Waals surface area (Å²) >= 11 is 3.26. The predicted octanol–water partition coefficient (Wildman–Crippen LogP) is 3.04. The highest BCUT2D eigenvalue weighted by Crippen LogP contribution is 2.25. The Labute approximate surface area is 112 Å². The molecule has 0 aromatic carbocycles. The number of hydrogen-bond donors (Lipinski definition) is 1. The molecule has 6 heteroatoms. The van der Waals surface area contributed by atoms with E-state index in [0.29, 0.717) is 11.4 Å². The molecule has 2 heterocycles. The average molecular weight is 309 g/mol. The van der Waals surface area contributed by atoms with Gasteiger partial charge in [-0.05, 0) is 41.1 Å². The van der Waals surface area contributed by atoms with Crippen LogP contribution in [0.4, 0.5) is 0 Å². The van der Waals surface area contributed by atoms with E-state index in [2.05, 4.69) is 25.9 Å². The van der Waals surface area contributed by atoms with E-state index < -0.39 is 5.97 Å². The van der Waals surface area contributed by atoms with Crippen LogP contribution in [0.3, 0.4) is 0 Å². The van der Waals surface area contributed by atoms with Crippen LogP contribution in [0.15, 0.2) is 35.1 Å². The van der Waals surface area contributed by atoms with Crippen molar-refractivity contribution in [2.45, 2.75) is 6.92 Å². The minimum atomic E-state index is -1.08. The minimum absolute atomic E-state index is 0.0144. The first-order valence-corrected chi connectivity index (χ1v) is 5.85. The molecule has 0 amide bonds. The van der Waals surface area contributed by atoms with Gasteiger partial charge in [-0.1, -0.05) is 0 Å². The Morgan fingerprint density at radius 1 is 1.39 bits per heavy atom. The normalized spacial score (nSPS) is 10.1. The van der Waals surface area contributed by atoms with Crippen molar-refractivity contribution in [1.29, 1.82) is 0 Å². The number of nitrogens with zero attached hydrogens (tertiary/aromatic N) is 2. The van der Waals surface area contributed by atoms with Gasteiger partial charge in [0, 0.05) is 16.4 Å². The Morgan fingerprint density at radius 2 is 2.17 bits per heavy atom. The summed E-state index contributed by atoms with van der Waals surface area (Å²) in [6.45, 7) is 1.76. The van der Waals surface area contributed by atoms with Gasteiger partial charge in [-0.25, -0.2) is 9.78 Å². The molecule has 92 valence electrons. The van der Waals surface area contributed by atoms with Crippen LogP contribution in [0, 0.1) is 6.92 Å². The number of halogens is 1. The Hall–Kier alpha value is -1.95. The highest BCUT2D eigenvalue weighted by Gasteiger charge is 2.14. The van der Waals surface area contributed by atoms with E-state index in [1.807, 2.05) is 0 Å². The van der Waals surface area contributed by atoms with E-state index in [1.54, 1.807) is 25.3 Å². The van der Waals surface area contributed by atoms with Crippen molar-refractivity contribution in [2.24, 2.45) is 0 Å². The van der Waals surface area contributed by atoms with Crippen LogP contribution in [0.25, 0.3) is 0 Å². The lowest BCUT2D eigenvalue weighted by Crippen LogP contribution is -2.03. The fraction of sp³-hybridized carbons (Fsp3) is 0.0833. The van der Waals surface area contributed by atoms with Gasteiger partial charge in [0.15, 0.2) is 0 Å². The maximum Gasteiger partial charge on any atom is 0.341 e. The number of aryl methyl sites for hydroxylation is 1.